The van der Waals surface area contributed by atoms with Crippen LogP contribution in [0.4, 0.5) is 10.3 Å². The van der Waals surface area contributed by atoms with E-state index >= 15 is 0 Å². The van der Waals surface area contributed by atoms with Gasteiger partial charge in [-0.25, -0.2) is 14.4 Å². The number of fused-ring (bicyclic) bond motifs is 1. The van der Waals surface area contributed by atoms with E-state index in [9.17, 15) is 4.39 Å². The maximum absolute atomic E-state index is 13.4. The number of aromatic amines is 1. The first-order valence-electron chi connectivity index (χ1n) is 9.37. The summed E-state index contributed by atoms with van der Waals surface area (Å²) in [5, 5.41) is 8.16. The van der Waals surface area contributed by atoms with Gasteiger partial charge in [0.2, 0.25) is 5.95 Å². The van der Waals surface area contributed by atoms with Crippen LogP contribution in [0.25, 0.3) is 22.2 Å². The van der Waals surface area contributed by atoms with E-state index in [-0.39, 0.29) is 16.9 Å². The number of nitrogens with zero attached hydrogens (tertiary/aromatic N) is 2. The lowest BCUT2D eigenvalue weighted by Crippen LogP contribution is -2.60. The van der Waals surface area contributed by atoms with Crippen LogP contribution in [0, 0.1) is 5.82 Å². The monoisotopic (exact) mass is 367 g/mol. The third kappa shape index (κ3) is 3.81. The lowest BCUT2D eigenvalue weighted by Gasteiger charge is -2.46. The van der Waals surface area contributed by atoms with Gasteiger partial charge in [-0.1, -0.05) is 0 Å². The predicted octanol–water partition coefficient (Wildman–Crippen LogP) is 4.49. The zero-order valence-corrected chi connectivity index (χ0v) is 16.2. The molecule has 0 unspecified atom stereocenters. The molecule has 0 radical (unpaired) electrons. The van der Waals surface area contributed by atoms with Crippen LogP contribution in [0.3, 0.4) is 0 Å². The zero-order valence-electron chi connectivity index (χ0n) is 16.2. The Labute approximate surface area is 158 Å². The first kappa shape index (κ1) is 17.9. The second-order valence-electron chi connectivity index (χ2n) is 8.80. The minimum atomic E-state index is -0.253. The first-order valence-corrected chi connectivity index (χ1v) is 9.37. The molecule has 27 heavy (non-hydrogen) atoms. The Morgan fingerprint density at radius 3 is 2.59 bits per heavy atom. The highest BCUT2D eigenvalue weighted by Crippen LogP contribution is 2.31. The molecular formula is C21H26FN5. The predicted molar refractivity (Wildman–Crippen MR) is 107 cm³/mol. The van der Waals surface area contributed by atoms with Gasteiger partial charge >= 0.3 is 0 Å². The van der Waals surface area contributed by atoms with Crippen LogP contribution in [0.15, 0.2) is 36.7 Å². The van der Waals surface area contributed by atoms with Crippen LogP contribution in [-0.2, 0) is 0 Å². The molecule has 1 saturated heterocycles. The number of piperidine rings is 1. The van der Waals surface area contributed by atoms with Crippen LogP contribution in [0.1, 0.15) is 40.5 Å². The summed E-state index contributed by atoms with van der Waals surface area (Å²) in [6, 6.07) is 6.93. The van der Waals surface area contributed by atoms with Crippen molar-refractivity contribution in [3.8, 4) is 11.3 Å². The summed E-state index contributed by atoms with van der Waals surface area (Å²) in [5.41, 5.74) is 2.63. The highest BCUT2D eigenvalue weighted by molar-refractivity contribution is 5.94. The van der Waals surface area contributed by atoms with Crippen molar-refractivity contribution in [2.45, 2.75) is 57.7 Å². The number of hydrogen-bond acceptors (Lipinski definition) is 4. The highest BCUT2D eigenvalue weighted by atomic mass is 19.1. The lowest BCUT2D eigenvalue weighted by molar-refractivity contribution is 0.170. The molecule has 3 heterocycles. The molecule has 6 heteroatoms. The highest BCUT2D eigenvalue weighted by Gasteiger charge is 2.37. The molecule has 0 spiro atoms. The Balaban J connectivity index is 1.61. The van der Waals surface area contributed by atoms with Crippen LogP contribution < -0.4 is 10.6 Å². The van der Waals surface area contributed by atoms with E-state index in [1.54, 1.807) is 12.3 Å². The maximum Gasteiger partial charge on any atom is 0.223 e. The van der Waals surface area contributed by atoms with Gasteiger partial charge < -0.3 is 15.6 Å². The van der Waals surface area contributed by atoms with Crippen molar-refractivity contribution < 1.29 is 4.39 Å². The summed E-state index contributed by atoms with van der Waals surface area (Å²) >= 11 is 0. The molecule has 0 atom stereocenters. The van der Waals surface area contributed by atoms with Gasteiger partial charge in [0.15, 0.2) is 0 Å². The van der Waals surface area contributed by atoms with E-state index in [0.29, 0.717) is 12.0 Å². The smallest absolute Gasteiger partial charge is 0.223 e. The van der Waals surface area contributed by atoms with E-state index in [1.165, 1.54) is 12.1 Å². The van der Waals surface area contributed by atoms with Gasteiger partial charge in [-0.2, -0.15) is 0 Å². The maximum atomic E-state index is 13.4. The van der Waals surface area contributed by atoms with Gasteiger partial charge in [0, 0.05) is 46.0 Å². The SMILES string of the molecule is CC1(C)CC(Nc2nccc(-c3c[nH]c4cc(F)ccc34)n2)CC(C)(C)N1. The topological polar surface area (TPSA) is 65.6 Å². The summed E-state index contributed by atoms with van der Waals surface area (Å²) in [7, 11) is 0. The summed E-state index contributed by atoms with van der Waals surface area (Å²) < 4.78 is 13.4. The van der Waals surface area contributed by atoms with Crippen molar-refractivity contribution in [1.29, 1.82) is 0 Å². The largest absolute Gasteiger partial charge is 0.360 e. The first-order chi connectivity index (χ1) is 12.7. The molecule has 1 aliphatic heterocycles. The Kier molecular flexibility index (Phi) is 4.18. The number of H-pyrrole nitrogens is 1. The second-order valence-corrected chi connectivity index (χ2v) is 8.80. The molecule has 2 aromatic heterocycles. The van der Waals surface area contributed by atoms with E-state index in [1.807, 2.05) is 12.3 Å². The fourth-order valence-electron chi connectivity index (χ4n) is 4.50. The number of nitrogens with one attached hydrogen (secondary N) is 3. The molecule has 5 nitrogen and oxygen atoms in total. The molecule has 1 fully saturated rings. The summed E-state index contributed by atoms with van der Waals surface area (Å²) in [6.07, 6.45) is 5.63. The van der Waals surface area contributed by atoms with Gasteiger partial charge in [-0.05, 0) is 64.8 Å². The number of halogens is 1. The molecule has 3 N–H and O–H groups in total. The molecule has 1 aliphatic rings. The van der Waals surface area contributed by atoms with Crippen molar-refractivity contribution >= 4 is 16.9 Å². The van der Waals surface area contributed by atoms with Crippen molar-refractivity contribution in [3.05, 3.63) is 42.5 Å². The molecule has 4 rings (SSSR count). The third-order valence-electron chi connectivity index (χ3n) is 5.10. The molecule has 1 aromatic carbocycles. The van der Waals surface area contributed by atoms with E-state index < -0.39 is 0 Å². The fourth-order valence-corrected chi connectivity index (χ4v) is 4.50. The van der Waals surface area contributed by atoms with Crippen molar-refractivity contribution in [1.82, 2.24) is 20.3 Å². The molecule has 0 saturated carbocycles. The van der Waals surface area contributed by atoms with Crippen LogP contribution in [0.5, 0.6) is 0 Å². The fraction of sp³-hybridized carbons (Fsp3) is 0.429. The van der Waals surface area contributed by atoms with E-state index in [0.717, 1.165) is 35.0 Å². The average molecular weight is 367 g/mol. The van der Waals surface area contributed by atoms with Crippen LogP contribution >= 0.6 is 0 Å². The quantitative estimate of drug-likeness (QED) is 0.638. The Hall–Kier alpha value is -2.47. The van der Waals surface area contributed by atoms with Crippen molar-refractivity contribution in [2.75, 3.05) is 5.32 Å². The van der Waals surface area contributed by atoms with Crippen LogP contribution in [-0.4, -0.2) is 32.1 Å². The molecule has 3 aromatic rings. The Bertz CT molecular complexity index is 960. The zero-order chi connectivity index (χ0) is 19.2. The number of aromatic nitrogens is 3. The van der Waals surface area contributed by atoms with Gasteiger partial charge in [0.05, 0.1) is 5.69 Å². The molecule has 0 amide bonds. The van der Waals surface area contributed by atoms with E-state index in [4.69, 9.17) is 4.98 Å². The minimum Gasteiger partial charge on any atom is -0.360 e. The van der Waals surface area contributed by atoms with Gasteiger partial charge in [-0.3, -0.25) is 0 Å². The standard InChI is InChI=1S/C21H26FN5/c1-20(2)10-14(11-21(3,4)27-20)25-19-23-8-7-17(26-19)16-12-24-18-9-13(22)5-6-15(16)18/h5-9,12,14,24,27H,10-11H2,1-4H3,(H,23,25,26). The normalized spacial score (nSPS) is 19.3. The van der Waals surface area contributed by atoms with Gasteiger partial charge in [-0.15, -0.1) is 0 Å². The summed E-state index contributed by atoms with van der Waals surface area (Å²) in [5.74, 6) is 0.375. The number of hydrogen-bond donors (Lipinski definition) is 3. The second kappa shape index (κ2) is 6.30. The number of benzene rings is 1. The average Bonchev–Trinajstić information content (AvgIpc) is 2.95. The van der Waals surface area contributed by atoms with Gasteiger partial charge in [0.25, 0.3) is 0 Å². The van der Waals surface area contributed by atoms with Crippen molar-refractivity contribution in [3.63, 3.8) is 0 Å². The van der Waals surface area contributed by atoms with Gasteiger partial charge in [0.1, 0.15) is 5.82 Å². The summed E-state index contributed by atoms with van der Waals surface area (Å²) in [6.45, 7) is 8.91. The van der Waals surface area contributed by atoms with E-state index in [2.05, 4.69) is 48.3 Å². The minimum absolute atomic E-state index is 0.0535. The Morgan fingerprint density at radius 2 is 1.85 bits per heavy atom. The molecule has 142 valence electrons. The Morgan fingerprint density at radius 1 is 1.11 bits per heavy atom. The third-order valence-corrected chi connectivity index (χ3v) is 5.10. The molecule has 0 aliphatic carbocycles. The molecular weight excluding hydrogens is 341 g/mol. The van der Waals surface area contributed by atoms with Crippen molar-refractivity contribution in [2.24, 2.45) is 0 Å². The molecule has 0 bridgehead atoms. The summed E-state index contributed by atoms with van der Waals surface area (Å²) in [4.78, 5) is 12.3. The number of rotatable bonds is 3. The lowest BCUT2D eigenvalue weighted by atomic mass is 9.80. The van der Waals surface area contributed by atoms with Crippen LogP contribution in [0.2, 0.25) is 0 Å². The number of anilines is 1.